The van der Waals surface area contributed by atoms with Gasteiger partial charge in [0.15, 0.2) is 0 Å². The molecule has 16 heavy (non-hydrogen) atoms. The van der Waals surface area contributed by atoms with Crippen molar-refractivity contribution >= 4 is 22.4 Å². The van der Waals surface area contributed by atoms with Crippen molar-refractivity contribution < 1.29 is 9.90 Å². The lowest BCUT2D eigenvalue weighted by Gasteiger charge is -2.03. The number of carbonyl (C=O) groups is 1. The summed E-state index contributed by atoms with van der Waals surface area (Å²) in [6.45, 7) is 0. The van der Waals surface area contributed by atoms with E-state index in [1.54, 1.807) is 10.6 Å². The Morgan fingerprint density at radius 1 is 1.19 bits per heavy atom. The summed E-state index contributed by atoms with van der Waals surface area (Å²) in [5, 5.41) is 10.0. The first-order valence-corrected chi connectivity index (χ1v) is 4.86. The van der Waals surface area contributed by atoms with E-state index in [1.165, 1.54) is 0 Å². The van der Waals surface area contributed by atoms with Gasteiger partial charge in [-0.15, -0.1) is 0 Å². The quantitative estimate of drug-likeness (QED) is 0.672. The van der Waals surface area contributed by atoms with E-state index in [0.29, 0.717) is 0 Å². The molecule has 0 unspecified atom stereocenters. The standard InChI is InChI=1S/C12H8N2O2/c15-12(16)11-13-7-9-6-5-8-3-1-2-4-10(8)14(9)11/h1-7H,(H,15,16). The monoisotopic (exact) mass is 212 g/mol. The third kappa shape index (κ3) is 1.10. The first kappa shape index (κ1) is 8.91. The Labute approximate surface area is 90.8 Å². The summed E-state index contributed by atoms with van der Waals surface area (Å²) in [5.74, 6) is -0.969. The zero-order valence-electron chi connectivity index (χ0n) is 8.29. The third-order valence-corrected chi connectivity index (χ3v) is 2.59. The molecule has 0 aliphatic rings. The minimum absolute atomic E-state index is 0.0480. The molecule has 1 N–H and O–H groups in total. The van der Waals surface area contributed by atoms with E-state index < -0.39 is 5.97 Å². The second kappa shape index (κ2) is 3.06. The van der Waals surface area contributed by atoms with Crippen LogP contribution in [-0.2, 0) is 0 Å². The number of hydrogen-bond donors (Lipinski definition) is 1. The second-order valence-corrected chi connectivity index (χ2v) is 3.54. The molecule has 0 atom stereocenters. The lowest BCUT2D eigenvalue weighted by molar-refractivity contribution is 0.0683. The molecule has 0 radical (unpaired) electrons. The average Bonchev–Trinajstić information content (AvgIpc) is 2.73. The molecular weight excluding hydrogens is 204 g/mol. The summed E-state index contributed by atoms with van der Waals surface area (Å²) in [6.07, 6.45) is 1.57. The third-order valence-electron chi connectivity index (χ3n) is 2.59. The molecule has 3 rings (SSSR count). The van der Waals surface area contributed by atoms with Crippen LogP contribution in [0.3, 0.4) is 0 Å². The van der Waals surface area contributed by atoms with Crippen LogP contribution < -0.4 is 0 Å². The number of aromatic nitrogens is 2. The van der Waals surface area contributed by atoms with Gasteiger partial charge in [-0.3, -0.25) is 4.40 Å². The van der Waals surface area contributed by atoms with Crippen molar-refractivity contribution in [1.29, 1.82) is 0 Å². The van der Waals surface area contributed by atoms with Gasteiger partial charge in [-0.25, -0.2) is 9.78 Å². The molecule has 0 saturated heterocycles. The number of pyridine rings is 1. The highest BCUT2D eigenvalue weighted by Crippen LogP contribution is 2.18. The van der Waals surface area contributed by atoms with Gasteiger partial charge in [0, 0.05) is 0 Å². The highest BCUT2D eigenvalue weighted by atomic mass is 16.4. The highest BCUT2D eigenvalue weighted by Gasteiger charge is 2.12. The lowest BCUT2D eigenvalue weighted by Crippen LogP contribution is -2.04. The fourth-order valence-corrected chi connectivity index (χ4v) is 1.89. The van der Waals surface area contributed by atoms with Crippen LogP contribution in [-0.4, -0.2) is 20.5 Å². The van der Waals surface area contributed by atoms with Crippen LogP contribution >= 0.6 is 0 Å². The highest BCUT2D eigenvalue weighted by molar-refractivity contribution is 5.90. The summed E-state index contributed by atoms with van der Waals surface area (Å²) in [7, 11) is 0. The van der Waals surface area contributed by atoms with Crippen molar-refractivity contribution in [2.75, 3.05) is 0 Å². The molecule has 4 nitrogen and oxygen atoms in total. The maximum absolute atomic E-state index is 11.0. The van der Waals surface area contributed by atoms with Gasteiger partial charge in [0.05, 0.1) is 17.2 Å². The molecule has 78 valence electrons. The van der Waals surface area contributed by atoms with Gasteiger partial charge in [-0.05, 0) is 17.5 Å². The Balaban J connectivity index is 2.56. The van der Waals surface area contributed by atoms with Crippen molar-refractivity contribution in [3.05, 3.63) is 48.4 Å². The summed E-state index contributed by atoms with van der Waals surface area (Å²) in [5.41, 5.74) is 1.64. The maximum atomic E-state index is 11.0. The largest absolute Gasteiger partial charge is 0.475 e. The molecular formula is C12H8N2O2. The van der Waals surface area contributed by atoms with Gasteiger partial charge in [-0.2, -0.15) is 0 Å². The zero-order valence-corrected chi connectivity index (χ0v) is 8.29. The Morgan fingerprint density at radius 3 is 2.81 bits per heavy atom. The molecule has 0 amide bonds. The zero-order chi connectivity index (χ0) is 11.1. The summed E-state index contributed by atoms with van der Waals surface area (Å²) >= 11 is 0. The molecule has 0 spiro atoms. The Morgan fingerprint density at radius 2 is 2.00 bits per heavy atom. The second-order valence-electron chi connectivity index (χ2n) is 3.54. The van der Waals surface area contributed by atoms with Crippen LogP contribution in [0.5, 0.6) is 0 Å². The number of rotatable bonds is 1. The molecule has 1 aromatic carbocycles. The number of benzene rings is 1. The van der Waals surface area contributed by atoms with E-state index >= 15 is 0 Å². The molecule has 2 aromatic heterocycles. The normalized spacial score (nSPS) is 11.0. The maximum Gasteiger partial charge on any atom is 0.372 e. The van der Waals surface area contributed by atoms with E-state index in [9.17, 15) is 4.79 Å². The molecule has 0 saturated carbocycles. The number of hydrogen-bond acceptors (Lipinski definition) is 2. The first-order chi connectivity index (χ1) is 7.77. The number of carboxylic acids is 1. The van der Waals surface area contributed by atoms with Gasteiger partial charge in [-0.1, -0.05) is 24.3 Å². The van der Waals surface area contributed by atoms with Gasteiger partial charge < -0.3 is 5.11 Å². The average molecular weight is 212 g/mol. The van der Waals surface area contributed by atoms with E-state index in [-0.39, 0.29) is 5.82 Å². The summed E-state index contributed by atoms with van der Waals surface area (Å²) in [4.78, 5) is 14.9. The van der Waals surface area contributed by atoms with Crippen LogP contribution in [0, 0.1) is 0 Å². The number of carboxylic acid groups (broad SMARTS) is 1. The van der Waals surface area contributed by atoms with Gasteiger partial charge in [0.25, 0.3) is 0 Å². The first-order valence-electron chi connectivity index (χ1n) is 4.86. The fourth-order valence-electron chi connectivity index (χ4n) is 1.89. The predicted molar refractivity (Wildman–Crippen MR) is 59.7 cm³/mol. The van der Waals surface area contributed by atoms with Gasteiger partial charge in [0.1, 0.15) is 0 Å². The van der Waals surface area contributed by atoms with Crippen molar-refractivity contribution in [3.8, 4) is 0 Å². The van der Waals surface area contributed by atoms with Crippen molar-refractivity contribution in [1.82, 2.24) is 9.38 Å². The number of aromatic carboxylic acids is 1. The van der Waals surface area contributed by atoms with Crippen LogP contribution in [0.2, 0.25) is 0 Å². The molecule has 0 fully saturated rings. The lowest BCUT2D eigenvalue weighted by atomic mass is 10.2. The summed E-state index contributed by atoms with van der Waals surface area (Å²) < 4.78 is 1.65. The van der Waals surface area contributed by atoms with Crippen LogP contribution in [0.4, 0.5) is 0 Å². The van der Waals surface area contributed by atoms with Crippen molar-refractivity contribution in [2.24, 2.45) is 0 Å². The number of fused-ring (bicyclic) bond motifs is 3. The van der Waals surface area contributed by atoms with Crippen LogP contribution in [0.15, 0.2) is 42.6 Å². The Kier molecular flexibility index (Phi) is 1.71. The minimum atomic E-state index is -1.02. The molecule has 3 aromatic rings. The molecule has 2 heterocycles. The Bertz CT molecular complexity index is 700. The topological polar surface area (TPSA) is 54.6 Å². The van der Waals surface area contributed by atoms with E-state index in [1.807, 2.05) is 36.4 Å². The smallest absolute Gasteiger partial charge is 0.372 e. The molecule has 0 aliphatic carbocycles. The Hall–Kier alpha value is -2.36. The van der Waals surface area contributed by atoms with E-state index in [0.717, 1.165) is 16.4 Å². The fraction of sp³-hybridized carbons (Fsp3) is 0. The SMILES string of the molecule is O=C(O)c1ncc2ccc3ccccc3n12. The number of imidazole rings is 1. The van der Waals surface area contributed by atoms with Crippen molar-refractivity contribution in [3.63, 3.8) is 0 Å². The predicted octanol–water partition coefficient (Wildman–Crippen LogP) is 2.19. The summed E-state index contributed by atoms with van der Waals surface area (Å²) in [6, 6.07) is 11.5. The van der Waals surface area contributed by atoms with Gasteiger partial charge in [0.2, 0.25) is 5.82 Å². The number of nitrogens with zero attached hydrogens (tertiary/aromatic N) is 2. The molecule has 0 bridgehead atoms. The van der Waals surface area contributed by atoms with Crippen LogP contribution in [0.1, 0.15) is 10.6 Å². The van der Waals surface area contributed by atoms with E-state index in [2.05, 4.69) is 4.98 Å². The van der Waals surface area contributed by atoms with E-state index in [4.69, 9.17) is 5.11 Å². The van der Waals surface area contributed by atoms with Crippen molar-refractivity contribution in [2.45, 2.75) is 0 Å². The number of para-hydroxylation sites is 1. The molecule has 4 heteroatoms. The minimum Gasteiger partial charge on any atom is -0.475 e. The van der Waals surface area contributed by atoms with Crippen LogP contribution in [0.25, 0.3) is 16.4 Å². The van der Waals surface area contributed by atoms with Gasteiger partial charge >= 0.3 is 5.97 Å². The molecule has 0 aliphatic heterocycles.